The Hall–Kier alpha value is -2.69. The van der Waals surface area contributed by atoms with E-state index in [2.05, 4.69) is 9.97 Å². The smallest absolute Gasteiger partial charge is 0.240 e. The number of nitrogens with one attached hydrogen (secondary N) is 1. The summed E-state index contributed by atoms with van der Waals surface area (Å²) in [6, 6.07) is 10.7. The minimum absolute atomic E-state index is 0.0143. The van der Waals surface area contributed by atoms with Crippen LogP contribution in [-0.4, -0.2) is 18.4 Å². The van der Waals surface area contributed by atoms with E-state index >= 15 is 0 Å². The van der Waals surface area contributed by atoms with Crippen LogP contribution in [0.25, 0.3) is 22.2 Å². The number of hydrogen-bond donors (Lipinski definition) is 2. The van der Waals surface area contributed by atoms with Gasteiger partial charge in [0.25, 0.3) is 0 Å². The van der Waals surface area contributed by atoms with Crippen LogP contribution >= 0.6 is 0 Å². The highest BCUT2D eigenvalue weighted by molar-refractivity contribution is 7.89. The Morgan fingerprint density at radius 3 is 2.52 bits per heavy atom. The summed E-state index contributed by atoms with van der Waals surface area (Å²) in [4.78, 5) is 6.99. The fourth-order valence-electron chi connectivity index (χ4n) is 2.11. The van der Waals surface area contributed by atoms with E-state index in [0.29, 0.717) is 16.6 Å². The highest BCUT2D eigenvalue weighted by atomic mass is 32.2. The fourth-order valence-corrected chi connectivity index (χ4v) is 2.80. The number of benzene rings is 1. The van der Waals surface area contributed by atoms with Gasteiger partial charge >= 0.3 is 0 Å². The Bertz CT molecular complexity index is 966. The molecule has 0 saturated heterocycles. The summed E-state index contributed by atoms with van der Waals surface area (Å²) in [5.41, 5.74) is 2.59. The van der Waals surface area contributed by atoms with Crippen LogP contribution in [0.4, 0.5) is 0 Å². The van der Waals surface area contributed by atoms with Crippen LogP contribution in [-0.2, 0) is 10.0 Å². The van der Waals surface area contributed by atoms with Crippen LogP contribution < -0.4 is 5.14 Å². The molecule has 3 rings (SSSR count). The Morgan fingerprint density at radius 2 is 1.90 bits per heavy atom. The van der Waals surface area contributed by atoms with Crippen molar-refractivity contribution in [1.82, 2.24) is 9.97 Å². The molecule has 0 unspecified atom stereocenters. The third-order valence-corrected chi connectivity index (χ3v) is 4.10. The fraction of sp³-hybridized carbons (Fsp3) is 0. The molecule has 7 heteroatoms. The summed E-state index contributed by atoms with van der Waals surface area (Å²) in [6.45, 7) is 0. The molecule has 0 aliphatic rings. The predicted octanol–water partition coefficient (Wildman–Crippen LogP) is 1.75. The van der Waals surface area contributed by atoms with Gasteiger partial charge in [0.05, 0.1) is 11.6 Å². The highest BCUT2D eigenvalue weighted by Gasteiger charge is 2.15. The molecule has 0 atom stereocenters. The average Bonchev–Trinajstić information content (AvgIpc) is 2.90. The first-order valence-corrected chi connectivity index (χ1v) is 7.54. The molecule has 0 aliphatic carbocycles. The highest BCUT2D eigenvalue weighted by Crippen LogP contribution is 2.26. The van der Waals surface area contributed by atoms with E-state index in [4.69, 9.17) is 10.4 Å². The number of nitrogens with zero attached hydrogens (tertiary/aromatic N) is 2. The van der Waals surface area contributed by atoms with Gasteiger partial charge in [0, 0.05) is 23.3 Å². The number of nitrogens with two attached hydrogens (primary N) is 1. The molecule has 2 heterocycles. The molecule has 21 heavy (non-hydrogen) atoms. The van der Waals surface area contributed by atoms with Crippen LogP contribution in [0, 0.1) is 11.3 Å². The second-order valence-corrected chi connectivity index (χ2v) is 6.04. The van der Waals surface area contributed by atoms with Gasteiger partial charge in [0.1, 0.15) is 10.5 Å². The number of fused-ring (bicyclic) bond motifs is 1. The SMILES string of the molecule is N#Cc1ccc(-c2cnc3[nH]cc(S(N)(=O)=O)c3c2)cc1. The van der Waals surface area contributed by atoms with Crippen LogP contribution in [0.1, 0.15) is 5.56 Å². The van der Waals surface area contributed by atoms with Crippen LogP contribution in [0.5, 0.6) is 0 Å². The Kier molecular flexibility index (Phi) is 2.97. The maximum atomic E-state index is 11.5. The number of rotatable bonds is 2. The van der Waals surface area contributed by atoms with Crippen molar-refractivity contribution in [2.45, 2.75) is 4.90 Å². The second-order valence-electron chi connectivity index (χ2n) is 4.51. The summed E-state index contributed by atoms with van der Waals surface area (Å²) in [5, 5.41) is 14.4. The van der Waals surface area contributed by atoms with Crippen molar-refractivity contribution >= 4 is 21.1 Å². The van der Waals surface area contributed by atoms with E-state index in [0.717, 1.165) is 11.1 Å². The van der Waals surface area contributed by atoms with Gasteiger partial charge in [-0.25, -0.2) is 18.5 Å². The van der Waals surface area contributed by atoms with Gasteiger partial charge in [-0.3, -0.25) is 0 Å². The Morgan fingerprint density at radius 1 is 1.19 bits per heavy atom. The molecule has 0 bridgehead atoms. The maximum Gasteiger partial charge on any atom is 0.240 e. The van der Waals surface area contributed by atoms with Gasteiger partial charge in [-0.1, -0.05) is 12.1 Å². The van der Waals surface area contributed by atoms with Crippen molar-refractivity contribution < 1.29 is 8.42 Å². The largest absolute Gasteiger partial charge is 0.345 e. The topological polar surface area (TPSA) is 113 Å². The van der Waals surface area contributed by atoms with Gasteiger partial charge in [0.15, 0.2) is 0 Å². The van der Waals surface area contributed by atoms with E-state index in [1.165, 1.54) is 6.20 Å². The third kappa shape index (κ3) is 2.38. The average molecular weight is 298 g/mol. The standard InChI is InChI=1S/C14H10N4O2S/c15-6-9-1-3-10(4-2-9)11-5-12-13(21(16,19)20)8-18-14(12)17-7-11/h1-5,7-8H,(H,17,18)(H2,16,19,20). The molecule has 6 nitrogen and oxygen atoms in total. The molecule has 0 spiro atoms. The van der Waals surface area contributed by atoms with Crippen LogP contribution in [0.2, 0.25) is 0 Å². The summed E-state index contributed by atoms with van der Waals surface area (Å²) in [7, 11) is -3.81. The molecule has 0 aliphatic heterocycles. The van der Waals surface area contributed by atoms with Gasteiger partial charge in [-0.05, 0) is 23.8 Å². The Labute approximate surface area is 120 Å². The van der Waals surface area contributed by atoms with Crippen molar-refractivity contribution in [2.75, 3.05) is 0 Å². The third-order valence-electron chi connectivity index (χ3n) is 3.15. The summed E-state index contributed by atoms with van der Waals surface area (Å²) >= 11 is 0. The van der Waals surface area contributed by atoms with E-state index < -0.39 is 10.0 Å². The van der Waals surface area contributed by atoms with Crippen molar-refractivity contribution in [2.24, 2.45) is 5.14 Å². The number of aromatic amines is 1. The van der Waals surface area contributed by atoms with E-state index in [1.807, 2.05) is 6.07 Å². The maximum absolute atomic E-state index is 11.5. The molecule has 1 aromatic carbocycles. The Balaban J connectivity index is 2.18. The zero-order valence-corrected chi connectivity index (χ0v) is 11.6. The lowest BCUT2D eigenvalue weighted by Gasteiger charge is -2.02. The number of primary sulfonamides is 1. The lowest BCUT2D eigenvalue weighted by Crippen LogP contribution is -2.11. The zero-order valence-electron chi connectivity index (χ0n) is 10.7. The molecule has 3 aromatic rings. The van der Waals surface area contributed by atoms with Crippen LogP contribution in [0.3, 0.4) is 0 Å². The number of aromatic nitrogens is 2. The van der Waals surface area contributed by atoms with Gasteiger partial charge in [-0.2, -0.15) is 5.26 Å². The number of H-pyrrole nitrogens is 1. The van der Waals surface area contributed by atoms with E-state index in [-0.39, 0.29) is 4.90 Å². The second kappa shape index (κ2) is 4.70. The molecular weight excluding hydrogens is 288 g/mol. The zero-order chi connectivity index (χ0) is 15.0. The molecule has 2 aromatic heterocycles. The van der Waals surface area contributed by atoms with Gasteiger partial charge < -0.3 is 4.98 Å². The lowest BCUT2D eigenvalue weighted by molar-refractivity contribution is 0.598. The quantitative estimate of drug-likeness (QED) is 0.750. The number of nitriles is 1. The first kappa shape index (κ1) is 13.3. The molecule has 0 radical (unpaired) electrons. The molecular formula is C14H10N4O2S. The predicted molar refractivity (Wildman–Crippen MR) is 77.6 cm³/mol. The monoisotopic (exact) mass is 298 g/mol. The summed E-state index contributed by atoms with van der Waals surface area (Å²) < 4.78 is 23.1. The summed E-state index contributed by atoms with van der Waals surface area (Å²) in [6.07, 6.45) is 2.96. The molecule has 0 fully saturated rings. The molecule has 0 amide bonds. The van der Waals surface area contributed by atoms with Crippen molar-refractivity contribution in [1.29, 1.82) is 5.26 Å². The lowest BCUT2D eigenvalue weighted by atomic mass is 10.1. The van der Waals surface area contributed by atoms with Gasteiger partial charge in [-0.15, -0.1) is 0 Å². The van der Waals surface area contributed by atoms with Gasteiger partial charge in [0.2, 0.25) is 10.0 Å². The van der Waals surface area contributed by atoms with Crippen molar-refractivity contribution in [3.63, 3.8) is 0 Å². The van der Waals surface area contributed by atoms with Crippen molar-refractivity contribution in [3.8, 4) is 17.2 Å². The van der Waals surface area contributed by atoms with E-state index in [9.17, 15) is 8.42 Å². The molecule has 104 valence electrons. The van der Waals surface area contributed by atoms with E-state index in [1.54, 1.807) is 36.5 Å². The van der Waals surface area contributed by atoms with Crippen molar-refractivity contribution in [3.05, 3.63) is 48.3 Å². The first-order valence-electron chi connectivity index (χ1n) is 5.99. The first-order chi connectivity index (χ1) is 9.99. The number of sulfonamides is 1. The minimum Gasteiger partial charge on any atom is -0.345 e. The number of pyridine rings is 1. The molecule has 3 N–H and O–H groups in total. The molecule has 0 saturated carbocycles. The normalized spacial score (nSPS) is 11.4. The van der Waals surface area contributed by atoms with Crippen LogP contribution in [0.15, 0.2) is 47.6 Å². The minimum atomic E-state index is -3.81. The number of hydrogen-bond acceptors (Lipinski definition) is 4. The summed E-state index contributed by atoms with van der Waals surface area (Å²) in [5.74, 6) is 0.